The van der Waals surface area contributed by atoms with Gasteiger partial charge in [0.1, 0.15) is 0 Å². The number of carboxylic acids is 2. The number of aromatic nitrogens is 2. The van der Waals surface area contributed by atoms with E-state index in [-0.39, 0.29) is 12.3 Å². The van der Waals surface area contributed by atoms with Crippen molar-refractivity contribution in [3.63, 3.8) is 0 Å². The van der Waals surface area contributed by atoms with Gasteiger partial charge in [0.25, 0.3) is 0 Å². The normalized spacial score (nSPS) is 17.0. The van der Waals surface area contributed by atoms with E-state index in [1.807, 2.05) is 16.8 Å². The third kappa shape index (κ3) is 2.72. The third-order valence-electron chi connectivity index (χ3n) is 4.04. The Bertz CT molecular complexity index is 718. The Morgan fingerprint density at radius 1 is 1.23 bits per heavy atom. The largest absolute Gasteiger partial charge is 0.481 e. The van der Waals surface area contributed by atoms with Crippen LogP contribution in [0.2, 0.25) is 0 Å². The van der Waals surface area contributed by atoms with Gasteiger partial charge in [-0.3, -0.25) is 9.59 Å². The molecule has 1 aliphatic rings. The topological polar surface area (TPSA) is 92.4 Å². The molecule has 0 bridgehead atoms. The number of carbonyl (C=O) groups is 2. The van der Waals surface area contributed by atoms with Crippen LogP contribution in [-0.4, -0.2) is 31.9 Å². The van der Waals surface area contributed by atoms with Gasteiger partial charge < -0.3 is 10.2 Å². The van der Waals surface area contributed by atoms with E-state index >= 15 is 0 Å². The number of benzene rings is 1. The highest BCUT2D eigenvalue weighted by Gasteiger charge is 2.27. The molecule has 2 N–H and O–H groups in total. The van der Waals surface area contributed by atoms with Crippen LogP contribution in [0.3, 0.4) is 0 Å². The molecule has 0 amide bonds. The van der Waals surface area contributed by atoms with E-state index in [4.69, 9.17) is 10.2 Å². The number of fused-ring (bicyclic) bond motifs is 1. The molecule has 1 aromatic carbocycles. The molecule has 1 aromatic heterocycles. The van der Waals surface area contributed by atoms with E-state index in [1.165, 1.54) is 0 Å². The second-order valence-corrected chi connectivity index (χ2v) is 5.54. The summed E-state index contributed by atoms with van der Waals surface area (Å²) in [4.78, 5) is 21.8. The van der Waals surface area contributed by atoms with Gasteiger partial charge in [0.15, 0.2) is 0 Å². The molecule has 0 saturated heterocycles. The Hall–Kier alpha value is -2.63. The Morgan fingerprint density at radius 3 is 2.59 bits per heavy atom. The van der Waals surface area contributed by atoms with Crippen LogP contribution in [0.15, 0.2) is 30.5 Å². The molecule has 1 aliphatic carbocycles. The smallest absolute Gasteiger partial charge is 0.307 e. The van der Waals surface area contributed by atoms with Crippen molar-refractivity contribution in [2.24, 2.45) is 5.92 Å². The van der Waals surface area contributed by atoms with E-state index in [0.29, 0.717) is 19.3 Å². The first-order chi connectivity index (χ1) is 10.5. The molecule has 1 unspecified atom stereocenters. The zero-order valence-corrected chi connectivity index (χ0v) is 11.9. The van der Waals surface area contributed by atoms with Gasteiger partial charge in [-0.1, -0.05) is 12.1 Å². The van der Waals surface area contributed by atoms with Crippen LogP contribution in [-0.2, 0) is 28.9 Å². The third-order valence-corrected chi connectivity index (χ3v) is 4.04. The summed E-state index contributed by atoms with van der Waals surface area (Å²) >= 11 is 0. The Balaban J connectivity index is 1.85. The maximum Gasteiger partial charge on any atom is 0.307 e. The molecule has 6 nitrogen and oxygen atoms in total. The molecule has 1 atom stereocenters. The van der Waals surface area contributed by atoms with Crippen LogP contribution in [0.1, 0.15) is 23.2 Å². The van der Waals surface area contributed by atoms with Crippen molar-refractivity contribution in [1.82, 2.24) is 9.78 Å². The first kappa shape index (κ1) is 14.3. The lowest BCUT2D eigenvalue weighted by molar-refractivity contribution is -0.142. The van der Waals surface area contributed by atoms with E-state index in [0.717, 1.165) is 22.5 Å². The lowest BCUT2D eigenvalue weighted by atomic mass is 9.88. The van der Waals surface area contributed by atoms with Crippen molar-refractivity contribution in [2.75, 3.05) is 0 Å². The van der Waals surface area contributed by atoms with Gasteiger partial charge in [-0.25, -0.2) is 4.68 Å². The molecular formula is C16H16N2O4. The summed E-state index contributed by atoms with van der Waals surface area (Å²) in [7, 11) is 0. The monoisotopic (exact) mass is 300 g/mol. The van der Waals surface area contributed by atoms with Crippen molar-refractivity contribution in [3.05, 3.63) is 47.3 Å². The molecular weight excluding hydrogens is 284 g/mol. The van der Waals surface area contributed by atoms with Gasteiger partial charge in [0.2, 0.25) is 0 Å². The summed E-state index contributed by atoms with van der Waals surface area (Å²) in [5, 5.41) is 22.3. The van der Waals surface area contributed by atoms with Gasteiger partial charge in [0.05, 0.1) is 24.2 Å². The number of nitrogens with zero attached hydrogens (tertiary/aromatic N) is 2. The van der Waals surface area contributed by atoms with Crippen molar-refractivity contribution >= 4 is 11.9 Å². The van der Waals surface area contributed by atoms with Gasteiger partial charge in [-0.05, 0) is 42.5 Å². The molecule has 22 heavy (non-hydrogen) atoms. The highest BCUT2D eigenvalue weighted by atomic mass is 16.4. The summed E-state index contributed by atoms with van der Waals surface area (Å²) in [6.07, 6.45) is 3.55. The predicted octanol–water partition coefficient (Wildman–Crippen LogP) is 1.69. The van der Waals surface area contributed by atoms with Gasteiger partial charge in [-0.15, -0.1) is 0 Å². The summed E-state index contributed by atoms with van der Waals surface area (Å²) in [6, 6.07) is 7.24. The molecule has 0 aliphatic heterocycles. The maximum absolute atomic E-state index is 11.1. The molecule has 0 radical (unpaired) electrons. The van der Waals surface area contributed by atoms with Crippen molar-refractivity contribution in [2.45, 2.75) is 25.7 Å². The lowest BCUT2D eigenvalue weighted by Gasteiger charge is -2.19. The fourth-order valence-corrected chi connectivity index (χ4v) is 2.89. The van der Waals surface area contributed by atoms with E-state index < -0.39 is 11.9 Å². The summed E-state index contributed by atoms with van der Waals surface area (Å²) in [5.41, 5.74) is 3.63. The van der Waals surface area contributed by atoms with Gasteiger partial charge >= 0.3 is 11.9 Å². The minimum atomic E-state index is -0.857. The molecule has 6 heteroatoms. The lowest BCUT2D eigenvalue weighted by Crippen LogP contribution is -2.22. The fourth-order valence-electron chi connectivity index (χ4n) is 2.89. The summed E-state index contributed by atoms with van der Waals surface area (Å²) in [5.74, 6) is -1.94. The second kappa shape index (κ2) is 5.63. The molecule has 114 valence electrons. The van der Waals surface area contributed by atoms with Crippen LogP contribution in [0.4, 0.5) is 0 Å². The molecule has 0 saturated carbocycles. The molecule has 1 heterocycles. The number of hydrogen-bond acceptors (Lipinski definition) is 3. The first-order valence-electron chi connectivity index (χ1n) is 7.14. The summed E-state index contributed by atoms with van der Waals surface area (Å²) in [6.45, 7) is 0. The molecule has 0 spiro atoms. The maximum atomic E-state index is 11.1. The minimum Gasteiger partial charge on any atom is -0.481 e. The van der Waals surface area contributed by atoms with Crippen LogP contribution >= 0.6 is 0 Å². The second-order valence-electron chi connectivity index (χ2n) is 5.54. The quantitative estimate of drug-likeness (QED) is 0.896. The average Bonchev–Trinajstić information content (AvgIpc) is 2.90. The average molecular weight is 300 g/mol. The molecule has 0 fully saturated rings. The van der Waals surface area contributed by atoms with Crippen LogP contribution in [0.25, 0.3) is 5.69 Å². The number of aliphatic carboxylic acids is 2. The zero-order valence-electron chi connectivity index (χ0n) is 11.9. The van der Waals surface area contributed by atoms with Crippen molar-refractivity contribution < 1.29 is 19.8 Å². The standard InChI is InChI=1S/C16H16N2O4/c19-15(20)7-10-1-4-13(5-2-10)18-14-6-3-11(16(21)22)8-12(14)9-17-18/h1-2,4-5,9,11H,3,6-8H2,(H,19,20)(H,21,22). The molecule has 3 rings (SSSR count). The van der Waals surface area contributed by atoms with E-state index in [9.17, 15) is 9.59 Å². The summed E-state index contributed by atoms with van der Waals surface area (Å²) < 4.78 is 1.82. The van der Waals surface area contributed by atoms with Crippen molar-refractivity contribution in [3.8, 4) is 5.69 Å². The minimum absolute atomic E-state index is 0.00220. The van der Waals surface area contributed by atoms with Crippen molar-refractivity contribution in [1.29, 1.82) is 0 Å². The van der Waals surface area contributed by atoms with Gasteiger partial charge in [-0.2, -0.15) is 5.10 Å². The van der Waals surface area contributed by atoms with Crippen LogP contribution in [0.5, 0.6) is 0 Å². The fraction of sp³-hybridized carbons (Fsp3) is 0.312. The Labute approximate surface area is 127 Å². The number of rotatable bonds is 4. The van der Waals surface area contributed by atoms with Gasteiger partial charge in [0, 0.05) is 5.69 Å². The predicted molar refractivity (Wildman–Crippen MR) is 78.1 cm³/mol. The van der Waals surface area contributed by atoms with E-state index in [1.54, 1.807) is 18.3 Å². The Kier molecular flexibility index (Phi) is 3.66. The first-order valence-corrected chi connectivity index (χ1v) is 7.14. The Morgan fingerprint density at radius 2 is 1.95 bits per heavy atom. The van der Waals surface area contributed by atoms with Crippen LogP contribution in [0, 0.1) is 5.92 Å². The van der Waals surface area contributed by atoms with E-state index in [2.05, 4.69) is 5.10 Å². The highest BCUT2D eigenvalue weighted by Crippen LogP contribution is 2.27. The number of carboxylic acid groups (broad SMARTS) is 2. The highest BCUT2D eigenvalue weighted by molar-refractivity contribution is 5.71. The SMILES string of the molecule is O=C(O)Cc1ccc(-n2ncc3c2CCC(C(=O)O)C3)cc1. The number of hydrogen-bond donors (Lipinski definition) is 2. The zero-order chi connectivity index (χ0) is 15.7. The van der Waals surface area contributed by atoms with Crippen LogP contribution < -0.4 is 0 Å². The molecule has 2 aromatic rings.